The molecule has 0 aliphatic heterocycles. The summed E-state index contributed by atoms with van der Waals surface area (Å²) in [4.78, 5) is 23.1. The minimum Gasteiger partial charge on any atom is -0.475 e. The van der Waals surface area contributed by atoms with Crippen molar-refractivity contribution in [2.45, 2.75) is 12.7 Å². The van der Waals surface area contributed by atoms with E-state index in [1.807, 2.05) is 25.1 Å². The molecule has 3 rings (SSSR count). The van der Waals surface area contributed by atoms with Crippen LogP contribution < -0.4 is 5.32 Å². The van der Waals surface area contributed by atoms with Crippen LogP contribution in [0.5, 0.6) is 0 Å². The van der Waals surface area contributed by atoms with Crippen LogP contribution in [0.1, 0.15) is 16.3 Å². The standard InChI is InChI=1S/C17H17ClN4O2.C2HF3O2/c1-22(2)10-13-4-6-16(24-13)17(23)21-12-3-5-14(15(18)7-12)11-8-19-20-9-11;3-2(4,5)1(6)7/h3-9H,10H2,1-2H3,(H,19,20)(H,21,23);(H,6,7). The highest BCUT2D eigenvalue weighted by atomic mass is 35.5. The highest BCUT2D eigenvalue weighted by Gasteiger charge is 2.38. The van der Waals surface area contributed by atoms with Gasteiger partial charge in [-0.15, -0.1) is 0 Å². The molecule has 0 spiro atoms. The number of alkyl halides is 3. The summed E-state index contributed by atoms with van der Waals surface area (Å²) in [6.45, 7) is 0.637. The van der Waals surface area contributed by atoms with Crippen LogP contribution in [0.3, 0.4) is 0 Å². The number of hydrogen-bond acceptors (Lipinski definition) is 5. The number of halogens is 4. The zero-order chi connectivity index (χ0) is 23.2. The van der Waals surface area contributed by atoms with Crippen LogP contribution >= 0.6 is 11.6 Å². The maximum absolute atomic E-state index is 12.3. The second-order valence-electron chi connectivity index (χ2n) is 6.44. The molecule has 0 fully saturated rings. The molecule has 166 valence electrons. The van der Waals surface area contributed by atoms with Crippen LogP contribution in [0.25, 0.3) is 11.1 Å². The second kappa shape index (κ2) is 10.1. The number of benzene rings is 1. The van der Waals surface area contributed by atoms with Crippen LogP contribution in [-0.2, 0) is 11.3 Å². The van der Waals surface area contributed by atoms with Crippen LogP contribution in [0, 0.1) is 0 Å². The van der Waals surface area contributed by atoms with Gasteiger partial charge in [0.25, 0.3) is 5.91 Å². The highest BCUT2D eigenvalue weighted by Crippen LogP contribution is 2.29. The zero-order valence-corrected chi connectivity index (χ0v) is 17.1. The molecule has 0 radical (unpaired) electrons. The number of H-pyrrole nitrogens is 1. The minimum absolute atomic E-state index is 0.266. The number of aromatic amines is 1. The summed E-state index contributed by atoms with van der Waals surface area (Å²) in [7, 11) is 3.87. The molecule has 0 unspecified atom stereocenters. The molecule has 0 aliphatic rings. The molecule has 0 bridgehead atoms. The number of furan rings is 1. The number of amides is 1. The molecule has 31 heavy (non-hydrogen) atoms. The van der Waals surface area contributed by atoms with Crippen LogP contribution in [0.2, 0.25) is 5.02 Å². The van der Waals surface area contributed by atoms with E-state index in [1.54, 1.807) is 36.7 Å². The summed E-state index contributed by atoms with van der Waals surface area (Å²) in [6, 6.07) is 8.78. The van der Waals surface area contributed by atoms with Crippen molar-refractivity contribution in [3.63, 3.8) is 0 Å². The normalized spacial score (nSPS) is 11.1. The number of aliphatic carboxylic acids is 1. The number of hydrogen-bond donors (Lipinski definition) is 3. The Morgan fingerprint density at radius 2 is 1.94 bits per heavy atom. The van der Waals surface area contributed by atoms with E-state index >= 15 is 0 Å². The van der Waals surface area contributed by atoms with Crippen LogP contribution in [0.15, 0.2) is 47.1 Å². The fraction of sp³-hybridized carbons (Fsp3) is 0.211. The molecule has 3 aromatic rings. The van der Waals surface area contributed by atoms with E-state index in [-0.39, 0.29) is 11.7 Å². The van der Waals surface area contributed by atoms with Crippen molar-refractivity contribution in [3.05, 3.63) is 59.3 Å². The van der Waals surface area contributed by atoms with E-state index in [0.717, 1.165) is 16.9 Å². The number of carboxylic acids is 1. The summed E-state index contributed by atoms with van der Waals surface area (Å²) in [5.74, 6) is -2.07. The molecule has 3 N–H and O–H groups in total. The van der Waals surface area contributed by atoms with E-state index in [0.29, 0.717) is 17.3 Å². The topological polar surface area (TPSA) is 111 Å². The molecule has 0 saturated heterocycles. The Hall–Kier alpha value is -3.31. The Labute approximate surface area is 179 Å². The SMILES string of the molecule is CN(C)Cc1ccc(C(=O)Nc2ccc(-c3cn[nH]c3)c(Cl)c2)o1.O=C(O)C(F)(F)F. The smallest absolute Gasteiger partial charge is 0.475 e. The van der Waals surface area contributed by atoms with Crippen molar-refractivity contribution in [3.8, 4) is 11.1 Å². The highest BCUT2D eigenvalue weighted by molar-refractivity contribution is 6.33. The van der Waals surface area contributed by atoms with Crippen molar-refractivity contribution in [2.24, 2.45) is 0 Å². The maximum Gasteiger partial charge on any atom is 0.490 e. The van der Waals surface area contributed by atoms with Gasteiger partial charge < -0.3 is 19.7 Å². The fourth-order valence-corrected chi connectivity index (χ4v) is 2.60. The molecule has 2 heterocycles. The Morgan fingerprint density at radius 1 is 1.26 bits per heavy atom. The number of rotatable bonds is 5. The van der Waals surface area contributed by atoms with Gasteiger partial charge >= 0.3 is 12.1 Å². The van der Waals surface area contributed by atoms with Gasteiger partial charge in [-0.05, 0) is 38.4 Å². The van der Waals surface area contributed by atoms with E-state index in [1.165, 1.54) is 0 Å². The second-order valence-corrected chi connectivity index (χ2v) is 6.85. The molecule has 1 aromatic carbocycles. The van der Waals surface area contributed by atoms with Crippen molar-refractivity contribution in [2.75, 3.05) is 19.4 Å². The number of nitrogens with one attached hydrogen (secondary N) is 2. The number of carboxylic acid groups (broad SMARTS) is 1. The lowest BCUT2D eigenvalue weighted by Gasteiger charge is -2.07. The van der Waals surface area contributed by atoms with Crippen molar-refractivity contribution in [1.29, 1.82) is 0 Å². The summed E-state index contributed by atoms with van der Waals surface area (Å²) in [5, 5.41) is 17.1. The number of aromatic nitrogens is 2. The van der Waals surface area contributed by atoms with Crippen LogP contribution in [0.4, 0.5) is 18.9 Å². The van der Waals surface area contributed by atoms with E-state index in [9.17, 15) is 18.0 Å². The van der Waals surface area contributed by atoms with Gasteiger partial charge in [-0.2, -0.15) is 18.3 Å². The third-order valence-corrected chi connectivity index (χ3v) is 3.95. The first-order chi connectivity index (χ1) is 14.5. The van der Waals surface area contributed by atoms with Crippen molar-refractivity contribution < 1.29 is 32.3 Å². The lowest BCUT2D eigenvalue weighted by Crippen LogP contribution is -2.21. The van der Waals surface area contributed by atoms with Crippen molar-refractivity contribution >= 4 is 29.2 Å². The lowest BCUT2D eigenvalue weighted by molar-refractivity contribution is -0.192. The van der Waals surface area contributed by atoms with Gasteiger partial charge in [0.15, 0.2) is 5.76 Å². The van der Waals surface area contributed by atoms with Gasteiger partial charge in [-0.25, -0.2) is 4.79 Å². The minimum atomic E-state index is -5.08. The lowest BCUT2D eigenvalue weighted by atomic mass is 10.1. The van der Waals surface area contributed by atoms with E-state index < -0.39 is 12.1 Å². The monoisotopic (exact) mass is 458 g/mol. The third kappa shape index (κ3) is 7.15. The molecular weight excluding hydrogens is 441 g/mol. The van der Waals surface area contributed by atoms with Crippen molar-refractivity contribution in [1.82, 2.24) is 15.1 Å². The molecule has 0 atom stereocenters. The average molecular weight is 459 g/mol. The summed E-state index contributed by atoms with van der Waals surface area (Å²) in [5.41, 5.74) is 2.33. The molecule has 8 nitrogen and oxygen atoms in total. The molecule has 12 heteroatoms. The number of nitrogens with zero attached hydrogens (tertiary/aromatic N) is 2. The Kier molecular flexibility index (Phi) is 7.83. The average Bonchev–Trinajstić information content (AvgIpc) is 3.33. The zero-order valence-electron chi connectivity index (χ0n) is 16.3. The summed E-state index contributed by atoms with van der Waals surface area (Å²) >= 11 is 6.29. The Morgan fingerprint density at radius 3 is 2.45 bits per heavy atom. The fourth-order valence-electron chi connectivity index (χ4n) is 2.31. The van der Waals surface area contributed by atoms with E-state index in [2.05, 4.69) is 15.5 Å². The predicted octanol–water partition coefficient (Wildman–Crippen LogP) is 4.27. The number of anilines is 1. The molecule has 1 amide bonds. The third-order valence-electron chi connectivity index (χ3n) is 3.64. The van der Waals surface area contributed by atoms with E-state index in [4.69, 9.17) is 25.9 Å². The van der Waals surface area contributed by atoms with Gasteiger partial charge in [-0.3, -0.25) is 9.89 Å². The molecular formula is C19H18ClF3N4O4. The molecule has 2 aromatic heterocycles. The first-order valence-electron chi connectivity index (χ1n) is 8.61. The largest absolute Gasteiger partial charge is 0.490 e. The summed E-state index contributed by atoms with van der Waals surface area (Å²) < 4.78 is 37.3. The molecule has 0 aliphatic carbocycles. The number of carbonyl (C=O) groups excluding carboxylic acids is 1. The van der Waals surface area contributed by atoms with Gasteiger partial charge in [0.05, 0.1) is 17.8 Å². The summed E-state index contributed by atoms with van der Waals surface area (Å²) in [6.07, 6.45) is -1.64. The Bertz CT molecular complexity index is 1030. The first-order valence-corrected chi connectivity index (χ1v) is 8.98. The first kappa shape index (κ1) is 24.0. The van der Waals surface area contributed by atoms with Gasteiger partial charge in [0, 0.05) is 23.0 Å². The quantitative estimate of drug-likeness (QED) is 0.526. The predicted molar refractivity (Wildman–Crippen MR) is 107 cm³/mol. The number of carbonyl (C=O) groups is 2. The van der Waals surface area contributed by atoms with Gasteiger partial charge in [0.2, 0.25) is 0 Å². The van der Waals surface area contributed by atoms with Crippen LogP contribution in [-0.4, -0.2) is 52.4 Å². The van der Waals surface area contributed by atoms with Gasteiger partial charge in [-0.1, -0.05) is 17.7 Å². The Balaban J connectivity index is 0.000000423. The molecule has 0 saturated carbocycles. The van der Waals surface area contributed by atoms with Gasteiger partial charge in [0.1, 0.15) is 5.76 Å². The maximum atomic E-state index is 12.3.